The van der Waals surface area contributed by atoms with E-state index in [1.807, 2.05) is 0 Å². The number of benzene rings is 1. The third-order valence-electron chi connectivity index (χ3n) is 3.54. The summed E-state index contributed by atoms with van der Waals surface area (Å²) in [6.45, 7) is 0.106. The number of fused-ring (bicyclic) bond motifs is 1. The molecule has 28 heavy (non-hydrogen) atoms. The van der Waals surface area contributed by atoms with Crippen LogP contribution >= 0.6 is 0 Å². The number of hydrogen-bond acceptors (Lipinski definition) is 6. The summed E-state index contributed by atoms with van der Waals surface area (Å²) in [6, 6.07) is 6.91. The average molecular weight is 384 g/mol. The first-order chi connectivity index (χ1) is 13.4. The first kappa shape index (κ1) is 18.6. The highest BCUT2D eigenvalue weighted by Gasteiger charge is 2.12. The van der Waals surface area contributed by atoms with Gasteiger partial charge in [-0.1, -0.05) is 6.07 Å². The van der Waals surface area contributed by atoms with Crippen LogP contribution in [0.1, 0.15) is 16.9 Å². The Morgan fingerprint density at radius 3 is 2.64 bits per heavy atom. The van der Waals surface area contributed by atoms with Crippen LogP contribution in [0.5, 0.6) is 0 Å². The molecule has 0 bridgehead atoms. The van der Waals surface area contributed by atoms with E-state index in [4.69, 9.17) is 5.73 Å². The summed E-state index contributed by atoms with van der Waals surface area (Å²) in [7, 11) is 0. The summed E-state index contributed by atoms with van der Waals surface area (Å²) in [4.78, 5) is 54.6. The molecule has 0 fully saturated rings. The normalized spacial score (nSPS) is 10.4. The van der Waals surface area contributed by atoms with E-state index in [0.29, 0.717) is 11.4 Å². The highest BCUT2D eigenvalue weighted by Crippen LogP contribution is 2.15. The number of carbonyl (C=O) groups is 3. The SMILES string of the molecule is NC(=O)CCNC(=O)Nc1cccc(NC(=O)c2cc(=O)n3[nH]cnc3n2)c1. The van der Waals surface area contributed by atoms with Crippen molar-refractivity contribution in [1.29, 1.82) is 0 Å². The molecule has 3 aromatic rings. The number of primary amides is 1. The molecule has 0 saturated heterocycles. The van der Waals surface area contributed by atoms with Gasteiger partial charge in [-0.2, -0.15) is 4.52 Å². The summed E-state index contributed by atoms with van der Waals surface area (Å²) in [5, 5.41) is 10.2. The molecule has 0 unspecified atom stereocenters. The molecule has 12 nitrogen and oxygen atoms in total. The monoisotopic (exact) mass is 384 g/mol. The molecule has 1 aromatic carbocycles. The van der Waals surface area contributed by atoms with Crippen molar-refractivity contribution in [2.75, 3.05) is 17.2 Å². The van der Waals surface area contributed by atoms with Crippen LogP contribution in [0.3, 0.4) is 0 Å². The molecular formula is C16H16N8O4. The predicted molar refractivity (Wildman–Crippen MR) is 98.8 cm³/mol. The Kier molecular flexibility index (Phi) is 5.30. The largest absolute Gasteiger partial charge is 0.370 e. The van der Waals surface area contributed by atoms with E-state index >= 15 is 0 Å². The van der Waals surface area contributed by atoms with Gasteiger partial charge in [0.1, 0.15) is 12.0 Å². The first-order valence-electron chi connectivity index (χ1n) is 8.10. The Balaban J connectivity index is 1.66. The van der Waals surface area contributed by atoms with E-state index in [1.165, 1.54) is 12.4 Å². The quantitative estimate of drug-likeness (QED) is 0.388. The lowest BCUT2D eigenvalue weighted by Crippen LogP contribution is -2.31. The fourth-order valence-corrected chi connectivity index (χ4v) is 2.28. The second-order valence-corrected chi connectivity index (χ2v) is 5.63. The topological polar surface area (TPSA) is 176 Å². The van der Waals surface area contributed by atoms with Crippen molar-refractivity contribution in [3.05, 3.63) is 52.7 Å². The van der Waals surface area contributed by atoms with Gasteiger partial charge in [0, 0.05) is 30.4 Å². The fourth-order valence-electron chi connectivity index (χ4n) is 2.28. The number of H-pyrrole nitrogens is 1. The molecule has 0 spiro atoms. The smallest absolute Gasteiger partial charge is 0.319 e. The van der Waals surface area contributed by atoms with Crippen LogP contribution in [0.4, 0.5) is 16.2 Å². The maximum atomic E-state index is 12.4. The van der Waals surface area contributed by atoms with Crippen LogP contribution in [-0.4, -0.2) is 44.0 Å². The van der Waals surface area contributed by atoms with Gasteiger partial charge < -0.3 is 21.7 Å². The van der Waals surface area contributed by atoms with Crippen molar-refractivity contribution in [3.63, 3.8) is 0 Å². The van der Waals surface area contributed by atoms with Crippen molar-refractivity contribution in [2.45, 2.75) is 6.42 Å². The number of hydrogen-bond donors (Lipinski definition) is 5. The maximum absolute atomic E-state index is 12.4. The van der Waals surface area contributed by atoms with Crippen molar-refractivity contribution in [1.82, 2.24) is 24.9 Å². The van der Waals surface area contributed by atoms with Gasteiger partial charge in [0.2, 0.25) is 5.91 Å². The fraction of sp³-hybridized carbons (Fsp3) is 0.125. The van der Waals surface area contributed by atoms with E-state index < -0.39 is 23.4 Å². The lowest BCUT2D eigenvalue weighted by molar-refractivity contribution is -0.117. The van der Waals surface area contributed by atoms with Gasteiger partial charge in [0.25, 0.3) is 17.2 Å². The number of rotatable bonds is 6. The standard InChI is InChI=1S/C16H16N8O4/c17-12(25)4-5-18-16(28)22-10-3-1-2-9(6-10)21-14(27)11-7-13(26)24-15(23-11)19-8-20-24/h1-3,6-8H,4-5H2,(H2,17,25)(H,21,27)(H2,18,22,28)(H,19,20,23). The molecule has 0 saturated carbocycles. The summed E-state index contributed by atoms with van der Waals surface area (Å²) in [5.41, 5.74) is 5.21. The van der Waals surface area contributed by atoms with E-state index in [2.05, 4.69) is 31.0 Å². The number of amides is 4. The lowest BCUT2D eigenvalue weighted by Gasteiger charge is -2.09. The van der Waals surface area contributed by atoms with Crippen LogP contribution in [-0.2, 0) is 4.79 Å². The minimum atomic E-state index is -0.606. The summed E-state index contributed by atoms with van der Waals surface area (Å²) in [6.07, 6.45) is 1.31. The van der Waals surface area contributed by atoms with Gasteiger partial charge in [0.15, 0.2) is 0 Å². The molecule has 0 atom stereocenters. The number of urea groups is 1. The molecule has 0 aliphatic rings. The highest BCUT2D eigenvalue weighted by molar-refractivity contribution is 6.03. The average Bonchev–Trinajstić information content (AvgIpc) is 3.11. The van der Waals surface area contributed by atoms with E-state index in [0.717, 1.165) is 10.6 Å². The minimum Gasteiger partial charge on any atom is -0.370 e. The van der Waals surface area contributed by atoms with Crippen LogP contribution in [0, 0.1) is 0 Å². The number of aromatic amines is 1. The van der Waals surface area contributed by atoms with E-state index in [-0.39, 0.29) is 24.4 Å². The van der Waals surface area contributed by atoms with Gasteiger partial charge in [-0.3, -0.25) is 19.5 Å². The second-order valence-electron chi connectivity index (χ2n) is 5.63. The molecule has 12 heteroatoms. The van der Waals surface area contributed by atoms with Crippen LogP contribution < -0.4 is 27.2 Å². The molecule has 2 heterocycles. The Labute approximate surface area is 157 Å². The van der Waals surface area contributed by atoms with Gasteiger partial charge in [-0.25, -0.2) is 14.8 Å². The number of nitrogens with zero attached hydrogens (tertiary/aromatic N) is 3. The zero-order valence-electron chi connectivity index (χ0n) is 14.4. The number of anilines is 2. The molecule has 0 radical (unpaired) electrons. The highest BCUT2D eigenvalue weighted by atomic mass is 16.2. The third kappa shape index (κ3) is 4.49. The number of nitrogens with two attached hydrogens (primary N) is 1. The van der Waals surface area contributed by atoms with Crippen LogP contribution in [0.25, 0.3) is 5.78 Å². The van der Waals surface area contributed by atoms with Gasteiger partial charge >= 0.3 is 6.03 Å². The molecule has 3 rings (SSSR count). The van der Waals surface area contributed by atoms with Gasteiger partial charge in [0.05, 0.1) is 0 Å². The zero-order chi connectivity index (χ0) is 20.1. The molecule has 4 amide bonds. The Hall–Kier alpha value is -4.22. The number of aromatic nitrogens is 4. The summed E-state index contributed by atoms with van der Waals surface area (Å²) < 4.78 is 1.10. The third-order valence-corrected chi connectivity index (χ3v) is 3.54. The minimum absolute atomic E-state index is 0.0247. The van der Waals surface area contributed by atoms with Gasteiger partial charge in [-0.05, 0) is 18.2 Å². The Bertz CT molecular complexity index is 1100. The summed E-state index contributed by atoms with van der Waals surface area (Å²) in [5.74, 6) is -1.06. The molecule has 6 N–H and O–H groups in total. The number of carbonyl (C=O) groups excluding carboxylic acids is 3. The number of nitrogens with one attached hydrogen (secondary N) is 4. The van der Waals surface area contributed by atoms with E-state index in [1.54, 1.807) is 18.2 Å². The summed E-state index contributed by atoms with van der Waals surface area (Å²) >= 11 is 0. The molecule has 144 valence electrons. The zero-order valence-corrected chi connectivity index (χ0v) is 14.4. The Morgan fingerprint density at radius 2 is 1.89 bits per heavy atom. The molecule has 2 aromatic heterocycles. The maximum Gasteiger partial charge on any atom is 0.319 e. The lowest BCUT2D eigenvalue weighted by atomic mass is 10.2. The van der Waals surface area contributed by atoms with Crippen molar-refractivity contribution in [3.8, 4) is 0 Å². The van der Waals surface area contributed by atoms with Crippen LogP contribution in [0.15, 0.2) is 41.5 Å². The van der Waals surface area contributed by atoms with Crippen molar-refractivity contribution < 1.29 is 14.4 Å². The van der Waals surface area contributed by atoms with E-state index in [9.17, 15) is 19.2 Å². The van der Waals surface area contributed by atoms with Crippen molar-refractivity contribution in [2.24, 2.45) is 5.73 Å². The van der Waals surface area contributed by atoms with Crippen molar-refractivity contribution >= 4 is 35.0 Å². The van der Waals surface area contributed by atoms with Crippen LogP contribution in [0.2, 0.25) is 0 Å². The molecule has 0 aliphatic heterocycles. The predicted octanol–water partition coefficient (Wildman–Crippen LogP) is -0.333. The second kappa shape index (κ2) is 7.99. The molecular weight excluding hydrogens is 368 g/mol. The first-order valence-corrected chi connectivity index (χ1v) is 8.10. The van der Waals surface area contributed by atoms with Gasteiger partial charge in [-0.15, -0.1) is 0 Å². The molecule has 0 aliphatic carbocycles. The Morgan fingerprint density at radius 1 is 1.14 bits per heavy atom.